The molecule has 1 saturated heterocycles. The van der Waals surface area contributed by atoms with Crippen molar-refractivity contribution in [3.8, 4) is 0 Å². The lowest BCUT2D eigenvalue weighted by atomic mass is 9.83. The summed E-state index contributed by atoms with van der Waals surface area (Å²) in [5.41, 5.74) is 0.462. The van der Waals surface area contributed by atoms with Crippen LogP contribution in [0.3, 0.4) is 0 Å². The predicted molar refractivity (Wildman–Crippen MR) is 95.5 cm³/mol. The zero-order chi connectivity index (χ0) is 17.9. The number of carbonyl (C=O) groups excluding carboxylic acids is 2. The summed E-state index contributed by atoms with van der Waals surface area (Å²) in [5.74, 6) is 0.388. The Morgan fingerprint density at radius 2 is 2.08 bits per heavy atom. The molecule has 0 aromatic heterocycles. The number of benzene rings is 1. The maximum atomic E-state index is 12.8. The molecule has 5 nitrogen and oxygen atoms in total. The topological polar surface area (TPSA) is 58.6 Å². The summed E-state index contributed by atoms with van der Waals surface area (Å²) in [7, 11) is 0. The van der Waals surface area contributed by atoms with Crippen molar-refractivity contribution in [1.82, 2.24) is 10.2 Å². The minimum absolute atomic E-state index is 0.00598. The summed E-state index contributed by atoms with van der Waals surface area (Å²) < 4.78 is 6.12. The Balaban J connectivity index is 1.73. The standard InChI is InChI=1S/C20H28N2O3/c1-3-18(23)22-17(14-25-20(22)11-7-8-15(2)12-20)19(24)21-13-16-9-5-4-6-10-16/h4-6,9-10,15,17H,3,7-8,11-14H2,1-2H3,(H,21,24)/t15-,17+,20-/m0/s1. The van der Waals surface area contributed by atoms with E-state index in [0.717, 1.165) is 31.2 Å². The van der Waals surface area contributed by atoms with Gasteiger partial charge in [0, 0.05) is 13.0 Å². The van der Waals surface area contributed by atoms with Crippen molar-refractivity contribution in [2.24, 2.45) is 5.92 Å². The van der Waals surface area contributed by atoms with Crippen LogP contribution in [-0.2, 0) is 20.9 Å². The van der Waals surface area contributed by atoms with Crippen LogP contribution in [0.2, 0.25) is 0 Å². The molecule has 1 aromatic carbocycles. The van der Waals surface area contributed by atoms with Crippen LogP contribution >= 0.6 is 0 Å². The smallest absolute Gasteiger partial charge is 0.245 e. The van der Waals surface area contributed by atoms with Crippen molar-refractivity contribution in [1.29, 1.82) is 0 Å². The molecule has 1 aliphatic carbocycles. The fourth-order valence-electron chi connectivity index (χ4n) is 4.15. The summed E-state index contributed by atoms with van der Waals surface area (Å²) in [6, 6.07) is 9.28. The lowest BCUT2D eigenvalue weighted by molar-refractivity contribution is -0.162. The third-order valence-corrected chi connectivity index (χ3v) is 5.38. The Bertz CT molecular complexity index is 619. The Morgan fingerprint density at radius 1 is 1.32 bits per heavy atom. The molecule has 1 spiro atoms. The maximum absolute atomic E-state index is 12.8. The van der Waals surface area contributed by atoms with Crippen molar-refractivity contribution in [3.63, 3.8) is 0 Å². The number of carbonyl (C=O) groups is 2. The van der Waals surface area contributed by atoms with Gasteiger partial charge in [0.1, 0.15) is 11.8 Å². The highest BCUT2D eigenvalue weighted by atomic mass is 16.5. The van der Waals surface area contributed by atoms with Crippen molar-refractivity contribution in [3.05, 3.63) is 35.9 Å². The van der Waals surface area contributed by atoms with Crippen LogP contribution in [0, 0.1) is 5.92 Å². The van der Waals surface area contributed by atoms with Gasteiger partial charge in [-0.05, 0) is 30.7 Å². The number of nitrogens with one attached hydrogen (secondary N) is 1. The van der Waals surface area contributed by atoms with E-state index in [1.54, 1.807) is 4.90 Å². The van der Waals surface area contributed by atoms with E-state index in [4.69, 9.17) is 4.74 Å². The summed E-state index contributed by atoms with van der Waals surface area (Å²) in [5, 5.41) is 2.97. The van der Waals surface area contributed by atoms with Crippen LogP contribution in [0.5, 0.6) is 0 Å². The van der Waals surface area contributed by atoms with Gasteiger partial charge >= 0.3 is 0 Å². The van der Waals surface area contributed by atoms with Gasteiger partial charge in [0.05, 0.1) is 6.61 Å². The van der Waals surface area contributed by atoms with Gasteiger partial charge in [-0.2, -0.15) is 0 Å². The molecule has 1 saturated carbocycles. The Morgan fingerprint density at radius 3 is 2.76 bits per heavy atom. The van der Waals surface area contributed by atoms with Gasteiger partial charge in [0.25, 0.3) is 0 Å². The molecule has 0 bridgehead atoms. The molecule has 3 rings (SSSR count). The van der Waals surface area contributed by atoms with E-state index in [2.05, 4.69) is 12.2 Å². The molecule has 0 radical (unpaired) electrons. The van der Waals surface area contributed by atoms with Gasteiger partial charge in [-0.15, -0.1) is 0 Å². The zero-order valence-corrected chi connectivity index (χ0v) is 15.2. The maximum Gasteiger partial charge on any atom is 0.245 e. The highest BCUT2D eigenvalue weighted by Crippen LogP contribution is 2.43. The first kappa shape index (κ1) is 17.9. The Hall–Kier alpha value is -1.88. The molecule has 5 heteroatoms. The van der Waals surface area contributed by atoms with Crippen LogP contribution < -0.4 is 5.32 Å². The lowest BCUT2D eigenvalue weighted by Crippen LogP contribution is -2.56. The van der Waals surface area contributed by atoms with Crippen LogP contribution in [-0.4, -0.2) is 35.1 Å². The van der Waals surface area contributed by atoms with Gasteiger partial charge in [0.2, 0.25) is 11.8 Å². The number of nitrogens with zero attached hydrogens (tertiary/aromatic N) is 1. The van der Waals surface area contributed by atoms with Crippen molar-refractivity contribution in [2.75, 3.05) is 6.61 Å². The number of hydrogen-bond donors (Lipinski definition) is 1. The molecular weight excluding hydrogens is 316 g/mol. The molecule has 0 unspecified atom stereocenters. The highest BCUT2D eigenvalue weighted by Gasteiger charge is 2.53. The van der Waals surface area contributed by atoms with E-state index < -0.39 is 11.8 Å². The zero-order valence-electron chi connectivity index (χ0n) is 15.2. The van der Waals surface area contributed by atoms with E-state index in [0.29, 0.717) is 25.5 Å². The van der Waals surface area contributed by atoms with Gasteiger partial charge in [-0.25, -0.2) is 0 Å². The molecule has 25 heavy (non-hydrogen) atoms. The van der Waals surface area contributed by atoms with E-state index >= 15 is 0 Å². The van der Waals surface area contributed by atoms with Crippen LogP contribution in [0.15, 0.2) is 30.3 Å². The largest absolute Gasteiger partial charge is 0.353 e. The average molecular weight is 344 g/mol. The summed E-state index contributed by atoms with van der Waals surface area (Å²) in [4.78, 5) is 27.2. The lowest BCUT2D eigenvalue weighted by Gasteiger charge is -2.43. The number of rotatable bonds is 4. The minimum atomic E-state index is -0.584. The number of hydrogen-bond acceptors (Lipinski definition) is 3. The van der Waals surface area contributed by atoms with E-state index in [-0.39, 0.29) is 11.8 Å². The molecule has 2 fully saturated rings. The first-order valence-corrected chi connectivity index (χ1v) is 9.33. The van der Waals surface area contributed by atoms with Crippen molar-refractivity contribution < 1.29 is 14.3 Å². The SMILES string of the molecule is CCC(=O)N1[C@@H](C(=O)NCc2ccccc2)CO[C@]12CCC[C@H](C)C2. The summed E-state index contributed by atoms with van der Waals surface area (Å²) >= 11 is 0. The number of amides is 2. The fraction of sp³-hybridized carbons (Fsp3) is 0.600. The first-order chi connectivity index (χ1) is 12.1. The molecule has 136 valence electrons. The molecule has 1 aliphatic heterocycles. The van der Waals surface area contributed by atoms with Gasteiger partial charge < -0.3 is 10.1 Å². The molecule has 1 N–H and O–H groups in total. The van der Waals surface area contributed by atoms with Crippen LogP contribution in [0.4, 0.5) is 0 Å². The molecule has 1 heterocycles. The van der Waals surface area contributed by atoms with Crippen molar-refractivity contribution in [2.45, 2.75) is 64.3 Å². The third kappa shape index (κ3) is 3.71. The molecule has 2 aliphatic rings. The second-order valence-electron chi connectivity index (χ2n) is 7.30. The molecule has 1 aromatic rings. The first-order valence-electron chi connectivity index (χ1n) is 9.33. The Labute approximate surface area is 149 Å². The second kappa shape index (κ2) is 7.56. The van der Waals surface area contributed by atoms with Gasteiger partial charge in [0.15, 0.2) is 0 Å². The van der Waals surface area contributed by atoms with E-state index in [1.165, 1.54) is 0 Å². The summed E-state index contributed by atoms with van der Waals surface area (Å²) in [6.45, 7) is 4.80. The normalized spacial score (nSPS) is 29.0. The van der Waals surface area contributed by atoms with E-state index in [1.807, 2.05) is 37.3 Å². The van der Waals surface area contributed by atoms with Crippen molar-refractivity contribution >= 4 is 11.8 Å². The summed E-state index contributed by atoms with van der Waals surface area (Å²) in [6.07, 6.45) is 4.23. The quantitative estimate of drug-likeness (QED) is 0.914. The van der Waals surface area contributed by atoms with E-state index in [9.17, 15) is 9.59 Å². The van der Waals surface area contributed by atoms with Crippen LogP contribution in [0.1, 0.15) is 51.5 Å². The second-order valence-corrected chi connectivity index (χ2v) is 7.30. The number of ether oxygens (including phenoxy) is 1. The molecular formula is C20H28N2O3. The van der Waals surface area contributed by atoms with Gasteiger partial charge in [-0.3, -0.25) is 14.5 Å². The average Bonchev–Trinajstić information content (AvgIpc) is 2.98. The predicted octanol–water partition coefficient (Wildman–Crippen LogP) is 2.85. The molecule has 3 atom stereocenters. The Kier molecular flexibility index (Phi) is 5.42. The minimum Gasteiger partial charge on any atom is -0.353 e. The fourth-order valence-corrected chi connectivity index (χ4v) is 4.15. The molecule has 2 amide bonds. The van der Waals surface area contributed by atoms with Crippen LogP contribution in [0.25, 0.3) is 0 Å². The monoisotopic (exact) mass is 344 g/mol. The van der Waals surface area contributed by atoms with Gasteiger partial charge in [-0.1, -0.05) is 50.6 Å². The third-order valence-electron chi connectivity index (χ3n) is 5.38. The highest BCUT2D eigenvalue weighted by molar-refractivity contribution is 5.88.